The second-order valence-corrected chi connectivity index (χ2v) is 10.4. The van der Waals surface area contributed by atoms with Gasteiger partial charge in [0.05, 0.1) is 6.04 Å². The lowest BCUT2D eigenvalue weighted by atomic mass is 9.77. The molecule has 168 valence electrons. The van der Waals surface area contributed by atoms with Crippen LogP contribution in [0.3, 0.4) is 0 Å². The van der Waals surface area contributed by atoms with Crippen LogP contribution in [0.5, 0.6) is 0 Å². The molecule has 29 heavy (non-hydrogen) atoms. The molecule has 2 saturated carbocycles. The van der Waals surface area contributed by atoms with E-state index >= 15 is 0 Å². The molecule has 0 aromatic rings. The standard InChI is InChI=1S/C27H50N2/c1-3-5-21-25-26(22-6-4-2)29(24-19-15-11-8-12-16-20-24)28-27(25)23-17-13-9-7-10-14-18-23/h23-26H,3-22H2,1-2H3. The Labute approximate surface area is 182 Å². The van der Waals surface area contributed by atoms with Gasteiger partial charge in [0.25, 0.3) is 0 Å². The van der Waals surface area contributed by atoms with E-state index in [0.717, 1.165) is 17.9 Å². The largest absolute Gasteiger partial charge is 0.290 e. The van der Waals surface area contributed by atoms with Crippen molar-refractivity contribution in [3.63, 3.8) is 0 Å². The first-order chi connectivity index (χ1) is 14.3. The molecule has 1 heterocycles. The van der Waals surface area contributed by atoms with Gasteiger partial charge in [-0.05, 0) is 44.4 Å². The average molecular weight is 403 g/mol. The van der Waals surface area contributed by atoms with Crippen LogP contribution in [-0.4, -0.2) is 22.8 Å². The molecule has 0 spiro atoms. The molecule has 2 atom stereocenters. The van der Waals surface area contributed by atoms with Crippen molar-refractivity contribution in [2.24, 2.45) is 16.9 Å². The first-order valence-corrected chi connectivity index (χ1v) is 13.7. The molecule has 2 nitrogen and oxygen atoms in total. The molecular weight excluding hydrogens is 352 g/mol. The van der Waals surface area contributed by atoms with Gasteiger partial charge in [0.1, 0.15) is 0 Å². The van der Waals surface area contributed by atoms with E-state index in [1.54, 1.807) is 5.71 Å². The summed E-state index contributed by atoms with van der Waals surface area (Å²) in [4.78, 5) is 0. The molecule has 2 aliphatic carbocycles. The summed E-state index contributed by atoms with van der Waals surface area (Å²) >= 11 is 0. The molecule has 2 heteroatoms. The third kappa shape index (κ3) is 6.73. The summed E-state index contributed by atoms with van der Waals surface area (Å²) in [5.41, 5.74) is 1.67. The summed E-state index contributed by atoms with van der Waals surface area (Å²) in [5.74, 6) is 1.55. The van der Waals surface area contributed by atoms with E-state index in [-0.39, 0.29) is 0 Å². The van der Waals surface area contributed by atoms with Gasteiger partial charge >= 0.3 is 0 Å². The van der Waals surface area contributed by atoms with E-state index in [0.29, 0.717) is 6.04 Å². The van der Waals surface area contributed by atoms with Crippen LogP contribution < -0.4 is 0 Å². The van der Waals surface area contributed by atoms with Crippen molar-refractivity contribution >= 4 is 5.71 Å². The van der Waals surface area contributed by atoms with Crippen LogP contribution in [0.25, 0.3) is 0 Å². The van der Waals surface area contributed by atoms with Crippen molar-refractivity contribution in [3.05, 3.63) is 0 Å². The van der Waals surface area contributed by atoms with Crippen molar-refractivity contribution in [2.75, 3.05) is 0 Å². The molecule has 0 aromatic heterocycles. The Hall–Kier alpha value is -0.530. The number of unbranched alkanes of at least 4 members (excludes halogenated alkanes) is 2. The lowest BCUT2D eigenvalue weighted by molar-refractivity contribution is 0.105. The normalized spacial score (nSPS) is 28.5. The average Bonchev–Trinajstić information content (AvgIpc) is 3.02. The molecule has 0 amide bonds. The third-order valence-corrected chi connectivity index (χ3v) is 8.11. The van der Waals surface area contributed by atoms with Gasteiger partial charge in [-0.3, -0.25) is 5.01 Å². The summed E-state index contributed by atoms with van der Waals surface area (Å²) in [6.45, 7) is 4.74. The van der Waals surface area contributed by atoms with Gasteiger partial charge in [0, 0.05) is 17.7 Å². The number of hydrazone groups is 1. The van der Waals surface area contributed by atoms with E-state index in [2.05, 4.69) is 18.9 Å². The smallest absolute Gasteiger partial charge is 0.0555 e. The summed E-state index contributed by atoms with van der Waals surface area (Å²) < 4.78 is 0. The number of hydrogen-bond donors (Lipinski definition) is 0. The van der Waals surface area contributed by atoms with Gasteiger partial charge < -0.3 is 0 Å². The fraction of sp³-hybridized carbons (Fsp3) is 0.963. The van der Waals surface area contributed by atoms with Crippen LogP contribution >= 0.6 is 0 Å². The quantitative estimate of drug-likeness (QED) is 0.397. The molecule has 2 fully saturated rings. The maximum Gasteiger partial charge on any atom is 0.0555 e. The molecule has 0 radical (unpaired) electrons. The van der Waals surface area contributed by atoms with Crippen molar-refractivity contribution < 1.29 is 0 Å². The van der Waals surface area contributed by atoms with E-state index in [9.17, 15) is 0 Å². The minimum absolute atomic E-state index is 0.714. The summed E-state index contributed by atoms with van der Waals surface area (Å²) in [6.07, 6.45) is 28.3. The van der Waals surface area contributed by atoms with Gasteiger partial charge in [0.2, 0.25) is 0 Å². The topological polar surface area (TPSA) is 15.6 Å². The number of hydrogen-bond acceptors (Lipinski definition) is 2. The lowest BCUT2D eigenvalue weighted by Gasteiger charge is -2.36. The lowest BCUT2D eigenvalue weighted by Crippen LogP contribution is -2.41. The van der Waals surface area contributed by atoms with Crippen LogP contribution in [0, 0.1) is 11.8 Å². The van der Waals surface area contributed by atoms with Crippen LogP contribution in [-0.2, 0) is 0 Å². The zero-order chi connectivity index (χ0) is 20.3. The molecule has 0 bridgehead atoms. The molecule has 2 unspecified atom stereocenters. The monoisotopic (exact) mass is 402 g/mol. The predicted octanol–water partition coefficient (Wildman–Crippen LogP) is 8.50. The first-order valence-electron chi connectivity index (χ1n) is 13.7. The highest BCUT2D eigenvalue weighted by Gasteiger charge is 2.41. The van der Waals surface area contributed by atoms with Crippen LogP contribution in [0.1, 0.15) is 142 Å². The van der Waals surface area contributed by atoms with E-state index in [1.807, 2.05) is 0 Å². The fourth-order valence-corrected chi connectivity index (χ4v) is 6.36. The first kappa shape index (κ1) is 23.1. The maximum atomic E-state index is 5.60. The summed E-state index contributed by atoms with van der Waals surface area (Å²) in [5, 5.41) is 8.33. The van der Waals surface area contributed by atoms with Crippen LogP contribution in [0.2, 0.25) is 0 Å². The maximum absolute atomic E-state index is 5.60. The van der Waals surface area contributed by atoms with Crippen molar-refractivity contribution in [1.82, 2.24) is 5.01 Å². The molecule has 3 aliphatic rings. The Kier molecular flexibility index (Phi) is 10.4. The number of rotatable bonds is 8. The Morgan fingerprint density at radius 1 is 0.690 bits per heavy atom. The molecule has 1 aliphatic heterocycles. The highest BCUT2D eigenvalue weighted by Crippen LogP contribution is 2.39. The third-order valence-electron chi connectivity index (χ3n) is 8.11. The SMILES string of the molecule is CCCCC1C(C2CCCCCCC2)=NN(C2CCCCCCC2)C1CCCC. The molecule has 0 N–H and O–H groups in total. The number of nitrogens with zero attached hydrogens (tertiary/aromatic N) is 2. The zero-order valence-corrected chi connectivity index (χ0v) is 19.8. The van der Waals surface area contributed by atoms with Gasteiger partial charge in [0.15, 0.2) is 0 Å². The zero-order valence-electron chi connectivity index (χ0n) is 19.8. The van der Waals surface area contributed by atoms with Gasteiger partial charge in [-0.25, -0.2) is 0 Å². The Morgan fingerprint density at radius 3 is 1.79 bits per heavy atom. The summed E-state index contributed by atoms with van der Waals surface area (Å²) in [7, 11) is 0. The van der Waals surface area contributed by atoms with Crippen LogP contribution in [0.4, 0.5) is 0 Å². The Bertz CT molecular complexity index is 455. The molecule has 3 rings (SSSR count). The second kappa shape index (κ2) is 13.0. The highest BCUT2D eigenvalue weighted by molar-refractivity contribution is 5.90. The van der Waals surface area contributed by atoms with Crippen molar-refractivity contribution in [1.29, 1.82) is 0 Å². The highest BCUT2D eigenvalue weighted by atomic mass is 15.5. The minimum atomic E-state index is 0.714. The van der Waals surface area contributed by atoms with Gasteiger partial charge in [-0.15, -0.1) is 0 Å². The van der Waals surface area contributed by atoms with Gasteiger partial charge in [-0.1, -0.05) is 104 Å². The second-order valence-electron chi connectivity index (χ2n) is 10.4. The predicted molar refractivity (Wildman–Crippen MR) is 128 cm³/mol. The summed E-state index contributed by atoms with van der Waals surface area (Å²) in [6, 6.07) is 1.44. The van der Waals surface area contributed by atoms with Crippen molar-refractivity contribution in [2.45, 2.75) is 154 Å². The molecular formula is C27H50N2. The van der Waals surface area contributed by atoms with E-state index < -0.39 is 0 Å². The van der Waals surface area contributed by atoms with E-state index in [1.165, 1.54) is 128 Å². The van der Waals surface area contributed by atoms with E-state index in [4.69, 9.17) is 5.10 Å². The Balaban J connectivity index is 1.81. The molecule has 0 saturated heterocycles. The van der Waals surface area contributed by atoms with Crippen LogP contribution in [0.15, 0.2) is 5.10 Å². The Morgan fingerprint density at radius 2 is 1.21 bits per heavy atom. The fourth-order valence-electron chi connectivity index (χ4n) is 6.36. The molecule has 0 aromatic carbocycles. The van der Waals surface area contributed by atoms with Crippen molar-refractivity contribution in [3.8, 4) is 0 Å². The minimum Gasteiger partial charge on any atom is -0.290 e. The van der Waals surface area contributed by atoms with Gasteiger partial charge in [-0.2, -0.15) is 5.10 Å².